The monoisotopic (exact) mass is 168 g/mol. The first-order valence-corrected chi connectivity index (χ1v) is 7.22. The molecule has 0 aromatic heterocycles. The summed E-state index contributed by atoms with van der Waals surface area (Å²) in [6.45, 7) is 0. The Morgan fingerprint density at radius 3 is 1.18 bits per heavy atom. The minimum absolute atomic E-state index is 0.850. The summed E-state index contributed by atoms with van der Waals surface area (Å²) in [6, 6.07) is 0. The van der Waals surface area contributed by atoms with Crippen molar-refractivity contribution in [3.63, 3.8) is 0 Å². The average Bonchev–Trinajstić information content (AvgIpc) is 2.81. The maximum Gasteiger partial charge on any atom is 0.197 e. The van der Waals surface area contributed by atoms with E-state index in [1.54, 1.807) is 0 Å². The second kappa shape index (κ2) is 1.91. The van der Waals surface area contributed by atoms with Crippen LogP contribution in [0.15, 0.2) is 0 Å². The van der Waals surface area contributed by atoms with Crippen molar-refractivity contribution in [1.82, 2.24) is 0 Å². The predicted octanol–water partition coefficient (Wildman–Crippen LogP) is 2.42. The molecule has 3 fully saturated rings. The first-order chi connectivity index (χ1) is 5.32. The van der Waals surface area contributed by atoms with Crippen LogP contribution < -0.4 is 0 Å². The molecule has 0 saturated heterocycles. The van der Waals surface area contributed by atoms with Gasteiger partial charge in [0.25, 0.3) is 0 Å². The molecular weight excluding hydrogens is 152 g/mol. The van der Waals surface area contributed by atoms with Crippen molar-refractivity contribution in [2.75, 3.05) is 0 Å². The Morgan fingerprint density at radius 2 is 1.00 bits per heavy atom. The van der Waals surface area contributed by atoms with Crippen LogP contribution >= 0.6 is 0 Å². The lowest BCUT2D eigenvalue weighted by atomic mass is 10.9. The zero-order valence-corrected chi connectivity index (χ0v) is 7.92. The summed E-state index contributed by atoms with van der Waals surface area (Å²) in [7, 11) is -1.65. The van der Waals surface area contributed by atoms with E-state index in [-0.39, 0.29) is 0 Å². The maximum atomic E-state index is 10.6. The zero-order valence-electron chi connectivity index (χ0n) is 6.92. The average molecular weight is 168 g/mol. The molecule has 3 saturated carbocycles. The van der Waals surface area contributed by atoms with Crippen molar-refractivity contribution in [3.05, 3.63) is 0 Å². The highest BCUT2D eigenvalue weighted by Crippen LogP contribution is 2.66. The fourth-order valence-corrected chi connectivity index (χ4v) is 7.91. The van der Waals surface area contributed by atoms with E-state index in [1.165, 1.54) is 38.5 Å². The van der Waals surface area contributed by atoms with Gasteiger partial charge in [-0.1, -0.05) is 38.5 Å². The van der Waals surface area contributed by atoms with Gasteiger partial charge in [-0.15, -0.1) is 0 Å². The Morgan fingerprint density at radius 1 is 0.727 bits per heavy atom. The molecule has 0 aromatic carbocycles. The van der Waals surface area contributed by atoms with Gasteiger partial charge in [-0.25, -0.2) is 0 Å². The predicted molar refractivity (Wildman–Crippen MR) is 46.9 cm³/mol. The van der Waals surface area contributed by atoms with Gasteiger partial charge in [0.1, 0.15) is 0 Å². The molecule has 3 aliphatic rings. The van der Waals surface area contributed by atoms with Gasteiger partial charge in [0, 0.05) is 0 Å². The highest BCUT2D eigenvalue weighted by molar-refractivity contribution is 6.79. The lowest BCUT2D eigenvalue weighted by Crippen LogP contribution is -2.36. The van der Waals surface area contributed by atoms with E-state index in [0.717, 1.165) is 16.6 Å². The molecule has 3 aliphatic carbocycles. The van der Waals surface area contributed by atoms with Crippen molar-refractivity contribution >= 4 is 8.32 Å². The molecule has 0 spiro atoms. The Kier molecular flexibility index (Phi) is 1.16. The van der Waals surface area contributed by atoms with Crippen LogP contribution in [-0.4, -0.2) is 13.1 Å². The van der Waals surface area contributed by atoms with E-state index in [2.05, 4.69) is 0 Å². The molecular formula is C9H16OSi. The van der Waals surface area contributed by atoms with Crippen molar-refractivity contribution in [3.8, 4) is 0 Å². The van der Waals surface area contributed by atoms with Crippen molar-refractivity contribution in [2.45, 2.75) is 55.1 Å². The molecule has 0 heterocycles. The highest BCUT2D eigenvalue weighted by Gasteiger charge is 2.62. The molecule has 2 heteroatoms. The van der Waals surface area contributed by atoms with Gasteiger partial charge in [-0.2, -0.15) is 0 Å². The second-order valence-electron chi connectivity index (χ2n) is 4.71. The summed E-state index contributed by atoms with van der Waals surface area (Å²) >= 11 is 0. The smallest absolute Gasteiger partial charge is 0.197 e. The van der Waals surface area contributed by atoms with E-state index in [0.29, 0.717) is 0 Å². The standard InChI is InChI=1S/C9H16OSi/c10-11(7-1-2-7,8-3-4-8)9-5-6-9/h7-10H,1-6H2. The van der Waals surface area contributed by atoms with Crippen LogP contribution in [0.25, 0.3) is 0 Å². The Bertz CT molecular complexity index is 149. The quantitative estimate of drug-likeness (QED) is 0.642. The molecule has 0 unspecified atom stereocenters. The number of hydrogen-bond acceptors (Lipinski definition) is 1. The molecule has 0 amide bonds. The van der Waals surface area contributed by atoms with Crippen LogP contribution in [0.5, 0.6) is 0 Å². The Labute approximate surface area is 68.9 Å². The molecule has 1 N–H and O–H groups in total. The van der Waals surface area contributed by atoms with Gasteiger partial charge in [0.15, 0.2) is 8.32 Å². The van der Waals surface area contributed by atoms with Crippen LogP contribution in [0.1, 0.15) is 38.5 Å². The van der Waals surface area contributed by atoms with Crippen molar-refractivity contribution in [1.29, 1.82) is 0 Å². The lowest BCUT2D eigenvalue weighted by molar-refractivity contribution is 0.516. The molecule has 0 atom stereocenters. The minimum Gasteiger partial charge on any atom is -0.431 e. The summed E-state index contributed by atoms with van der Waals surface area (Å²) in [5.41, 5.74) is 2.55. The zero-order chi connectivity index (χ0) is 7.47. The van der Waals surface area contributed by atoms with Crippen LogP contribution in [0.2, 0.25) is 16.6 Å². The fourth-order valence-electron chi connectivity index (χ4n) is 2.64. The number of rotatable bonds is 3. The summed E-state index contributed by atoms with van der Waals surface area (Å²) in [6.07, 6.45) is 8.22. The van der Waals surface area contributed by atoms with Crippen LogP contribution in [0, 0.1) is 0 Å². The molecule has 11 heavy (non-hydrogen) atoms. The van der Waals surface area contributed by atoms with E-state index in [1.807, 2.05) is 0 Å². The van der Waals surface area contributed by atoms with Crippen LogP contribution in [-0.2, 0) is 0 Å². The summed E-state index contributed by atoms with van der Waals surface area (Å²) < 4.78 is 0. The summed E-state index contributed by atoms with van der Waals surface area (Å²) in [5, 5.41) is 0. The fraction of sp³-hybridized carbons (Fsp3) is 1.00. The number of hydrogen-bond donors (Lipinski definition) is 1. The molecule has 62 valence electrons. The van der Waals surface area contributed by atoms with Gasteiger partial charge in [0.2, 0.25) is 0 Å². The lowest BCUT2D eigenvalue weighted by Gasteiger charge is -2.24. The van der Waals surface area contributed by atoms with Crippen LogP contribution in [0.4, 0.5) is 0 Å². The maximum absolute atomic E-state index is 10.6. The van der Waals surface area contributed by atoms with Gasteiger partial charge < -0.3 is 4.80 Å². The van der Waals surface area contributed by atoms with E-state index in [4.69, 9.17) is 0 Å². The molecule has 3 rings (SSSR count). The molecule has 1 nitrogen and oxygen atoms in total. The van der Waals surface area contributed by atoms with Gasteiger partial charge in [-0.05, 0) is 16.6 Å². The minimum atomic E-state index is -1.65. The van der Waals surface area contributed by atoms with Gasteiger partial charge in [-0.3, -0.25) is 0 Å². The third-order valence-corrected chi connectivity index (χ3v) is 9.35. The molecule has 0 aliphatic heterocycles. The molecule has 0 bridgehead atoms. The first kappa shape index (κ1) is 6.67. The normalized spacial score (nSPS) is 32.5. The van der Waals surface area contributed by atoms with E-state index in [9.17, 15) is 4.80 Å². The third-order valence-electron chi connectivity index (χ3n) is 3.69. The molecule has 0 aromatic rings. The Hall–Kier alpha value is 0.177. The largest absolute Gasteiger partial charge is 0.431 e. The first-order valence-electron chi connectivity index (χ1n) is 5.04. The van der Waals surface area contributed by atoms with Crippen LogP contribution in [0.3, 0.4) is 0 Å². The van der Waals surface area contributed by atoms with Crippen molar-refractivity contribution < 1.29 is 4.80 Å². The van der Waals surface area contributed by atoms with Crippen molar-refractivity contribution in [2.24, 2.45) is 0 Å². The Balaban J connectivity index is 1.82. The summed E-state index contributed by atoms with van der Waals surface area (Å²) in [5.74, 6) is 0. The highest BCUT2D eigenvalue weighted by atomic mass is 28.4. The molecule has 0 radical (unpaired) electrons. The topological polar surface area (TPSA) is 20.2 Å². The van der Waals surface area contributed by atoms with Gasteiger partial charge >= 0.3 is 0 Å². The SMILES string of the molecule is O[Si](C1CC1)(C1CC1)C1CC1. The second-order valence-corrected chi connectivity index (χ2v) is 8.93. The van der Waals surface area contributed by atoms with Gasteiger partial charge in [0.05, 0.1) is 0 Å². The van der Waals surface area contributed by atoms with E-state index < -0.39 is 8.32 Å². The summed E-state index contributed by atoms with van der Waals surface area (Å²) in [4.78, 5) is 10.6. The van der Waals surface area contributed by atoms with E-state index >= 15 is 0 Å². The third kappa shape index (κ3) is 0.921.